The van der Waals surface area contributed by atoms with E-state index in [1.54, 1.807) is 0 Å². The minimum atomic E-state index is -1.54. The maximum Gasteiger partial charge on any atom is 0.178 e. The van der Waals surface area contributed by atoms with Crippen molar-refractivity contribution in [1.82, 2.24) is 0 Å². The van der Waals surface area contributed by atoms with Crippen LogP contribution in [0.1, 0.15) is 57.9 Å². The van der Waals surface area contributed by atoms with Crippen molar-refractivity contribution in [3.05, 3.63) is 0 Å². The van der Waals surface area contributed by atoms with Crippen LogP contribution in [0.2, 0.25) is 38.8 Å². The van der Waals surface area contributed by atoms with Crippen LogP contribution < -0.4 is 0 Å². The molecule has 3 nitrogen and oxygen atoms in total. The Balaban J connectivity index is -0.0000000853. The molecule has 0 aromatic rings. The molecular weight excluding hydrogens is 316 g/mol. The van der Waals surface area contributed by atoms with E-state index in [2.05, 4.69) is 49.6 Å². The summed E-state index contributed by atoms with van der Waals surface area (Å²) in [7, 11) is -2.94. The van der Waals surface area contributed by atoms with E-state index in [-0.39, 0.29) is 44.6 Å². The van der Waals surface area contributed by atoms with Gasteiger partial charge in [0.15, 0.2) is 16.6 Å². The summed E-state index contributed by atoms with van der Waals surface area (Å²) in [5.41, 5.74) is 0. The topological polar surface area (TPSA) is 34.0 Å². The highest BCUT2D eigenvalue weighted by atomic mass is 28.4. The normalized spacial score (nSPS) is 10.3. The number of rotatable bonds is 8. The maximum atomic E-state index is 6.23. The third-order valence-corrected chi connectivity index (χ3v) is 7.79. The minimum absolute atomic E-state index is 0. The van der Waals surface area contributed by atoms with E-state index in [0.29, 0.717) is 0 Å². The molecule has 0 aliphatic carbocycles. The zero-order valence-electron chi connectivity index (χ0n) is 12.3. The standard InChI is InChI=1S/C12H28N2OSi2.6CH4/c1-7-8-13-9-10-14-11-12-17(5,6)15-16(2,3)4;;;;;;/h8,11H,7,9-10,12H2,1-6H3;6*1H4. The fourth-order valence-electron chi connectivity index (χ4n) is 1.58. The fraction of sp³-hybridized carbons (Fsp3) is 0.889. The van der Waals surface area contributed by atoms with Crippen molar-refractivity contribution >= 4 is 29.1 Å². The van der Waals surface area contributed by atoms with Gasteiger partial charge in [-0.15, -0.1) is 0 Å². The summed E-state index contributed by atoms with van der Waals surface area (Å²) >= 11 is 0. The molecule has 0 heterocycles. The molecule has 0 aliphatic rings. The zero-order valence-corrected chi connectivity index (χ0v) is 14.3. The molecule has 23 heavy (non-hydrogen) atoms. The highest BCUT2D eigenvalue weighted by molar-refractivity contribution is 6.85. The second-order valence-corrected chi connectivity index (χ2v) is 14.7. The molecule has 0 spiro atoms. The second kappa shape index (κ2) is 21.7. The lowest BCUT2D eigenvalue weighted by atomic mass is 10.5. The zero-order chi connectivity index (χ0) is 13.4. The molecule has 0 aromatic heterocycles. The van der Waals surface area contributed by atoms with Gasteiger partial charge in [-0.1, -0.05) is 51.5 Å². The van der Waals surface area contributed by atoms with Gasteiger partial charge in [-0.3, -0.25) is 9.98 Å². The first-order valence-corrected chi connectivity index (χ1v) is 13.0. The van der Waals surface area contributed by atoms with E-state index in [0.717, 1.165) is 25.6 Å². The van der Waals surface area contributed by atoms with Crippen LogP contribution in [0.5, 0.6) is 0 Å². The van der Waals surface area contributed by atoms with Gasteiger partial charge < -0.3 is 4.12 Å². The van der Waals surface area contributed by atoms with Crippen molar-refractivity contribution < 1.29 is 4.12 Å². The Morgan fingerprint density at radius 1 is 0.739 bits per heavy atom. The van der Waals surface area contributed by atoms with Gasteiger partial charge >= 0.3 is 0 Å². The van der Waals surface area contributed by atoms with Crippen LogP contribution in [-0.4, -0.2) is 42.2 Å². The first-order valence-electron chi connectivity index (χ1n) is 6.43. The van der Waals surface area contributed by atoms with Crippen LogP contribution in [0, 0.1) is 0 Å². The Bertz CT molecular complexity index is 260. The average Bonchev–Trinajstić information content (AvgIpc) is 2.12. The van der Waals surface area contributed by atoms with Gasteiger partial charge in [-0.25, -0.2) is 0 Å². The van der Waals surface area contributed by atoms with Gasteiger partial charge in [0.2, 0.25) is 0 Å². The van der Waals surface area contributed by atoms with Gasteiger partial charge in [0, 0.05) is 6.04 Å². The molecule has 0 rings (SSSR count). The Labute approximate surface area is 153 Å². The monoisotopic (exact) mass is 368 g/mol. The number of hydrogen-bond acceptors (Lipinski definition) is 3. The molecule has 0 aliphatic heterocycles. The summed E-state index contributed by atoms with van der Waals surface area (Å²) in [4.78, 5) is 8.62. The average molecular weight is 369 g/mol. The molecule has 0 aromatic carbocycles. The molecule has 0 radical (unpaired) electrons. The summed E-state index contributed by atoms with van der Waals surface area (Å²) in [6.45, 7) is 15.0. The van der Waals surface area contributed by atoms with Crippen LogP contribution >= 0.6 is 0 Å². The van der Waals surface area contributed by atoms with Crippen molar-refractivity contribution in [3.8, 4) is 0 Å². The minimum Gasteiger partial charge on any atom is -0.455 e. The maximum absolute atomic E-state index is 6.23. The molecule has 0 amide bonds. The summed E-state index contributed by atoms with van der Waals surface area (Å²) in [6, 6.07) is 1.01. The Hall–Kier alpha value is -0.266. The van der Waals surface area contributed by atoms with Gasteiger partial charge in [0.1, 0.15) is 0 Å². The predicted molar refractivity (Wildman–Crippen MR) is 124 cm³/mol. The second-order valence-electron chi connectivity index (χ2n) is 5.76. The summed E-state index contributed by atoms with van der Waals surface area (Å²) in [6.07, 6.45) is 4.99. The molecule has 0 N–H and O–H groups in total. The quantitative estimate of drug-likeness (QED) is 0.249. The highest BCUT2D eigenvalue weighted by Gasteiger charge is 2.28. The fourth-order valence-corrected chi connectivity index (χ4v) is 9.12. The van der Waals surface area contributed by atoms with Crippen LogP contribution in [0.4, 0.5) is 0 Å². The molecule has 0 unspecified atom stereocenters. The van der Waals surface area contributed by atoms with Crippen LogP contribution in [0.15, 0.2) is 9.98 Å². The molecule has 0 fully saturated rings. The Morgan fingerprint density at radius 3 is 1.48 bits per heavy atom. The highest BCUT2D eigenvalue weighted by Crippen LogP contribution is 2.16. The van der Waals surface area contributed by atoms with Crippen molar-refractivity contribution in [2.75, 3.05) is 13.1 Å². The van der Waals surface area contributed by atoms with Gasteiger partial charge in [-0.2, -0.15) is 0 Å². The lowest BCUT2D eigenvalue weighted by Gasteiger charge is -2.30. The van der Waals surface area contributed by atoms with E-state index in [1.807, 2.05) is 12.4 Å². The number of aliphatic imine (C=N–C) groups is 2. The first-order chi connectivity index (χ1) is 7.77. The molecular formula is C18H52N2OSi2. The van der Waals surface area contributed by atoms with Crippen LogP contribution in [-0.2, 0) is 4.12 Å². The number of hydrogen-bond donors (Lipinski definition) is 0. The van der Waals surface area contributed by atoms with E-state index >= 15 is 0 Å². The van der Waals surface area contributed by atoms with Crippen LogP contribution in [0.25, 0.3) is 0 Å². The third-order valence-electron chi connectivity index (χ3n) is 1.96. The van der Waals surface area contributed by atoms with E-state index in [4.69, 9.17) is 4.12 Å². The Morgan fingerprint density at radius 2 is 1.13 bits per heavy atom. The van der Waals surface area contributed by atoms with Crippen molar-refractivity contribution in [2.24, 2.45) is 9.98 Å². The smallest absolute Gasteiger partial charge is 0.178 e. The first kappa shape index (κ1) is 43.4. The SMILES string of the molecule is C.C.C.C.C.C.CCC=NCCN=CC[Si](C)(C)O[Si](C)(C)C. The predicted octanol–water partition coefficient (Wildman–Crippen LogP) is 7.41. The molecule has 0 saturated heterocycles. The van der Waals surface area contributed by atoms with Crippen LogP contribution in [0.3, 0.4) is 0 Å². The van der Waals surface area contributed by atoms with Gasteiger partial charge in [-0.05, 0) is 51.6 Å². The molecule has 0 atom stereocenters. The summed E-state index contributed by atoms with van der Waals surface area (Å²) in [5, 5.41) is 0. The van der Waals surface area contributed by atoms with E-state index in [1.165, 1.54) is 0 Å². The van der Waals surface area contributed by atoms with Gasteiger partial charge in [0.25, 0.3) is 0 Å². The largest absolute Gasteiger partial charge is 0.455 e. The van der Waals surface area contributed by atoms with Gasteiger partial charge in [0.05, 0.1) is 13.1 Å². The summed E-state index contributed by atoms with van der Waals surface area (Å²) < 4.78 is 6.23. The van der Waals surface area contributed by atoms with E-state index in [9.17, 15) is 0 Å². The van der Waals surface area contributed by atoms with Crippen molar-refractivity contribution in [1.29, 1.82) is 0 Å². The Kier molecular flexibility index (Phi) is 41.0. The lowest BCUT2D eigenvalue weighted by Crippen LogP contribution is -2.42. The van der Waals surface area contributed by atoms with Crippen molar-refractivity contribution in [2.45, 2.75) is 96.7 Å². The lowest BCUT2D eigenvalue weighted by molar-refractivity contribution is 0.555. The van der Waals surface area contributed by atoms with E-state index < -0.39 is 16.6 Å². The molecule has 148 valence electrons. The molecule has 5 heteroatoms. The summed E-state index contributed by atoms with van der Waals surface area (Å²) in [5.74, 6) is 0. The van der Waals surface area contributed by atoms with Crippen molar-refractivity contribution in [3.63, 3.8) is 0 Å². The third kappa shape index (κ3) is 34.2. The molecule has 0 bridgehead atoms. The number of nitrogens with zero attached hydrogens (tertiary/aromatic N) is 2. The molecule has 0 saturated carbocycles.